The van der Waals surface area contributed by atoms with Gasteiger partial charge in [-0.3, -0.25) is 0 Å². The molecule has 8 nitrogen and oxygen atoms in total. The third-order valence-corrected chi connectivity index (χ3v) is 5.58. The molecule has 9 heteroatoms. The Bertz CT molecular complexity index is 550. The van der Waals surface area contributed by atoms with E-state index in [0.717, 1.165) is 5.69 Å². The molecule has 1 unspecified atom stereocenters. The predicted octanol–water partition coefficient (Wildman–Crippen LogP) is -1.90. The van der Waals surface area contributed by atoms with Gasteiger partial charge in [0, 0.05) is 0 Å². The molecule has 0 amide bonds. The molecular formula is C10H12N4O4Se. The summed E-state index contributed by atoms with van der Waals surface area (Å²) < 4.78 is 9.23. The van der Waals surface area contributed by atoms with Crippen LogP contribution in [0.15, 0.2) is 11.3 Å². The first-order chi connectivity index (χ1) is 9.20. The molecule has 2 fully saturated rings. The summed E-state index contributed by atoms with van der Waals surface area (Å²) in [5, 5.41) is 28.9. The standard InChI is InChI=1S/C10H12N4O4Se/c15-1-4-6(16)7(17)9(18-4)13-2-11-5-8(13)12-3-14-10(5)19-14/h2-4,6-7,9-10,15-17H,1H2/t4-,6-,7-,9-,10?,14?/m1/s1. The number of aliphatic imine (C=N–C) groups is 1. The number of rotatable bonds is 2. The van der Waals surface area contributed by atoms with Gasteiger partial charge < -0.3 is 0 Å². The zero-order chi connectivity index (χ0) is 13.1. The van der Waals surface area contributed by atoms with E-state index >= 15 is 0 Å². The van der Waals surface area contributed by atoms with Gasteiger partial charge in [0.25, 0.3) is 0 Å². The quantitative estimate of drug-likeness (QED) is 0.432. The van der Waals surface area contributed by atoms with Gasteiger partial charge in [-0.2, -0.15) is 0 Å². The number of aromatic nitrogens is 2. The van der Waals surface area contributed by atoms with Gasteiger partial charge in [-0.1, -0.05) is 0 Å². The van der Waals surface area contributed by atoms with Crippen molar-refractivity contribution in [2.24, 2.45) is 4.99 Å². The Balaban J connectivity index is 1.69. The topological polar surface area (TPSA) is 103 Å². The van der Waals surface area contributed by atoms with Crippen molar-refractivity contribution in [1.82, 2.24) is 13.5 Å². The molecule has 5 atom stereocenters. The van der Waals surface area contributed by atoms with Crippen LogP contribution in [0.3, 0.4) is 0 Å². The molecule has 1 aromatic rings. The van der Waals surface area contributed by atoms with E-state index in [4.69, 9.17) is 9.84 Å². The Labute approximate surface area is 114 Å². The molecule has 0 bridgehead atoms. The van der Waals surface area contributed by atoms with Gasteiger partial charge >= 0.3 is 114 Å². The molecule has 4 heterocycles. The average Bonchev–Trinajstić information content (AvgIpc) is 3.02. The van der Waals surface area contributed by atoms with Crippen molar-refractivity contribution in [3.8, 4) is 0 Å². The maximum absolute atomic E-state index is 10.0. The summed E-state index contributed by atoms with van der Waals surface area (Å²) in [6.07, 6.45) is -0.423. The Morgan fingerprint density at radius 1 is 1.37 bits per heavy atom. The summed E-state index contributed by atoms with van der Waals surface area (Å²) in [7, 11) is 0. The van der Waals surface area contributed by atoms with Crippen molar-refractivity contribution in [2.75, 3.05) is 6.61 Å². The fraction of sp³-hybridized carbons (Fsp3) is 0.600. The fourth-order valence-electron chi connectivity index (χ4n) is 2.43. The van der Waals surface area contributed by atoms with Gasteiger partial charge in [0.1, 0.15) is 0 Å². The molecule has 1 aromatic heterocycles. The van der Waals surface area contributed by atoms with E-state index in [9.17, 15) is 10.2 Å². The van der Waals surface area contributed by atoms with Crippen molar-refractivity contribution in [1.29, 1.82) is 0 Å². The number of nitrogens with zero attached hydrogens (tertiary/aromatic N) is 4. The molecule has 0 saturated carbocycles. The van der Waals surface area contributed by atoms with Gasteiger partial charge in [0.15, 0.2) is 0 Å². The van der Waals surface area contributed by atoms with E-state index in [2.05, 4.69) is 13.9 Å². The Morgan fingerprint density at radius 2 is 2.21 bits per heavy atom. The van der Waals surface area contributed by atoms with Crippen LogP contribution in [0.5, 0.6) is 0 Å². The molecule has 0 radical (unpaired) electrons. The van der Waals surface area contributed by atoms with E-state index in [1.54, 1.807) is 17.2 Å². The monoisotopic (exact) mass is 332 g/mol. The van der Waals surface area contributed by atoms with E-state index < -0.39 is 24.5 Å². The number of aliphatic hydroxyl groups is 3. The average molecular weight is 331 g/mol. The van der Waals surface area contributed by atoms with Gasteiger partial charge in [0.2, 0.25) is 0 Å². The number of aliphatic hydroxyl groups excluding tert-OH is 3. The molecule has 0 aliphatic carbocycles. The van der Waals surface area contributed by atoms with Crippen molar-refractivity contribution in [2.45, 2.75) is 29.5 Å². The third kappa shape index (κ3) is 1.60. The molecule has 3 aliphatic heterocycles. The first-order valence-electron chi connectivity index (χ1n) is 5.89. The molecule has 19 heavy (non-hydrogen) atoms. The minimum atomic E-state index is -1.11. The van der Waals surface area contributed by atoms with Gasteiger partial charge in [-0.25, -0.2) is 0 Å². The van der Waals surface area contributed by atoms with Crippen molar-refractivity contribution in [3.63, 3.8) is 0 Å². The molecule has 4 rings (SSSR count). The van der Waals surface area contributed by atoms with Crippen LogP contribution >= 0.6 is 0 Å². The molecular weight excluding hydrogens is 319 g/mol. The van der Waals surface area contributed by atoms with Crippen LogP contribution in [0.4, 0.5) is 5.82 Å². The molecule has 0 spiro atoms. The number of imidazole rings is 1. The Hall–Kier alpha value is -0.961. The van der Waals surface area contributed by atoms with Crippen molar-refractivity contribution >= 4 is 27.3 Å². The number of hydrogen-bond acceptors (Lipinski definition) is 7. The zero-order valence-electron chi connectivity index (χ0n) is 9.70. The summed E-state index contributed by atoms with van der Waals surface area (Å²) in [6.45, 7) is -0.339. The van der Waals surface area contributed by atoms with Crippen molar-refractivity contribution in [3.05, 3.63) is 12.0 Å². The molecule has 3 N–H and O–H groups in total. The predicted molar refractivity (Wildman–Crippen MR) is 63.7 cm³/mol. The van der Waals surface area contributed by atoms with Crippen molar-refractivity contribution < 1.29 is 20.1 Å². The minimum absolute atomic E-state index is 0.332. The first kappa shape index (κ1) is 11.8. The summed E-state index contributed by atoms with van der Waals surface area (Å²) in [6, 6.07) is 0. The second-order valence-electron chi connectivity index (χ2n) is 4.65. The van der Waals surface area contributed by atoms with E-state index in [0.29, 0.717) is 25.9 Å². The Morgan fingerprint density at radius 3 is 2.95 bits per heavy atom. The molecule has 3 aliphatic rings. The third-order valence-electron chi connectivity index (χ3n) is 3.52. The second-order valence-corrected chi connectivity index (χ2v) is 6.92. The summed E-state index contributed by atoms with van der Waals surface area (Å²) in [5.41, 5.74) is 0.889. The van der Waals surface area contributed by atoms with Crippen LogP contribution < -0.4 is 0 Å². The SMILES string of the molecule is OC[C@H]1O[C@@H](n2cnc3c2N=CN2[Se]C32)[C@H](O)[C@@H]1O. The number of fused-ring (bicyclic) bond motifs is 3. The van der Waals surface area contributed by atoms with Crippen LogP contribution in [0.25, 0.3) is 0 Å². The fourth-order valence-corrected chi connectivity index (χ4v) is 3.89. The number of ether oxygens (including phenoxy) is 1. The van der Waals surface area contributed by atoms with E-state index in [-0.39, 0.29) is 6.61 Å². The van der Waals surface area contributed by atoms with Gasteiger partial charge in [-0.15, -0.1) is 0 Å². The van der Waals surface area contributed by atoms with Crippen LogP contribution in [0, 0.1) is 0 Å². The van der Waals surface area contributed by atoms with Crippen LogP contribution in [0.1, 0.15) is 16.9 Å². The summed E-state index contributed by atoms with van der Waals surface area (Å²) in [4.78, 5) is 8.97. The van der Waals surface area contributed by atoms with Crippen LogP contribution in [-0.2, 0) is 4.74 Å². The molecule has 2 saturated heterocycles. The molecule has 0 aromatic carbocycles. The zero-order valence-corrected chi connectivity index (χ0v) is 11.4. The molecule has 102 valence electrons. The first-order valence-corrected chi connectivity index (χ1v) is 7.64. The maximum atomic E-state index is 10.0. The number of hydrogen-bond donors (Lipinski definition) is 3. The van der Waals surface area contributed by atoms with E-state index in [1.807, 2.05) is 0 Å². The second kappa shape index (κ2) is 4.02. The van der Waals surface area contributed by atoms with Gasteiger partial charge in [-0.05, 0) is 0 Å². The van der Waals surface area contributed by atoms with Crippen LogP contribution in [0.2, 0.25) is 0 Å². The normalized spacial score (nSPS) is 39.3. The van der Waals surface area contributed by atoms with Crippen LogP contribution in [-0.4, -0.2) is 75.2 Å². The Kier molecular flexibility index (Phi) is 2.50. The summed E-state index contributed by atoms with van der Waals surface area (Å²) in [5.74, 6) is 0.662. The van der Waals surface area contributed by atoms with E-state index in [1.165, 1.54) is 0 Å². The van der Waals surface area contributed by atoms with Gasteiger partial charge in [0.05, 0.1) is 0 Å². The summed E-state index contributed by atoms with van der Waals surface area (Å²) >= 11 is 0.371.